The van der Waals surface area contributed by atoms with E-state index in [2.05, 4.69) is 16.0 Å². The predicted molar refractivity (Wildman–Crippen MR) is 84.2 cm³/mol. The van der Waals surface area contributed by atoms with Gasteiger partial charge in [-0.15, -0.1) is 0 Å². The van der Waals surface area contributed by atoms with Gasteiger partial charge in [-0.2, -0.15) is 5.10 Å². The fraction of sp³-hybridized carbons (Fsp3) is 0.667. The second-order valence-electron chi connectivity index (χ2n) is 6.59. The van der Waals surface area contributed by atoms with Gasteiger partial charge in [0.1, 0.15) is 0 Å². The number of carbonyl (C=O) groups excluding carboxylic acids is 1. The Bertz CT molecular complexity index is 501. The molecule has 3 rings (SSSR count). The summed E-state index contributed by atoms with van der Waals surface area (Å²) in [5.41, 5.74) is 2.27. The Kier molecular flexibility index (Phi) is 4.89. The normalized spacial score (nSPS) is 20.5. The van der Waals surface area contributed by atoms with Crippen molar-refractivity contribution in [2.75, 3.05) is 0 Å². The van der Waals surface area contributed by atoms with Gasteiger partial charge in [0.25, 0.3) is 0 Å². The maximum absolute atomic E-state index is 12.1. The van der Waals surface area contributed by atoms with Crippen LogP contribution in [0.3, 0.4) is 0 Å². The lowest BCUT2D eigenvalue weighted by Crippen LogP contribution is -2.13. The standard InChI is InChI=1S/C18H26N2O/c21-18(13-15-7-3-1-4-8-15)14-16-11-12-20(19-16)17-9-5-2-6-10-17/h11-13,17H,1-10,14H2. The minimum absolute atomic E-state index is 0.223. The van der Waals surface area contributed by atoms with Gasteiger partial charge < -0.3 is 0 Å². The summed E-state index contributed by atoms with van der Waals surface area (Å²) in [6.07, 6.45) is 16.9. The monoisotopic (exact) mass is 286 g/mol. The highest BCUT2D eigenvalue weighted by Gasteiger charge is 2.16. The molecule has 0 amide bonds. The highest BCUT2D eigenvalue weighted by atomic mass is 16.1. The molecule has 2 saturated carbocycles. The number of allylic oxidation sites excluding steroid dienone is 2. The summed E-state index contributed by atoms with van der Waals surface area (Å²) in [5.74, 6) is 0.223. The first-order valence-corrected chi connectivity index (χ1v) is 8.57. The number of hydrogen-bond donors (Lipinski definition) is 0. The fourth-order valence-corrected chi connectivity index (χ4v) is 3.63. The molecule has 1 aromatic heterocycles. The van der Waals surface area contributed by atoms with Crippen molar-refractivity contribution in [2.24, 2.45) is 0 Å². The first-order chi connectivity index (χ1) is 10.3. The van der Waals surface area contributed by atoms with Crippen molar-refractivity contribution in [3.63, 3.8) is 0 Å². The van der Waals surface area contributed by atoms with Crippen molar-refractivity contribution < 1.29 is 4.79 Å². The summed E-state index contributed by atoms with van der Waals surface area (Å²) in [5, 5.41) is 4.63. The summed E-state index contributed by atoms with van der Waals surface area (Å²) >= 11 is 0. The van der Waals surface area contributed by atoms with Gasteiger partial charge in [-0.05, 0) is 50.7 Å². The summed E-state index contributed by atoms with van der Waals surface area (Å²) in [7, 11) is 0. The van der Waals surface area contributed by atoms with E-state index in [1.807, 2.05) is 12.1 Å². The van der Waals surface area contributed by atoms with Crippen molar-refractivity contribution in [3.05, 3.63) is 29.6 Å². The zero-order valence-electron chi connectivity index (χ0n) is 12.9. The number of aromatic nitrogens is 2. The molecule has 21 heavy (non-hydrogen) atoms. The van der Waals surface area contributed by atoms with Gasteiger partial charge in [0.05, 0.1) is 18.2 Å². The van der Waals surface area contributed by atoms with Crippen LogP contribution in [-0.4, -0.2) is 15.6 Å². The van der Waals surface area contributed by atoms with Crippen molar-refractivity contribution in [1.29, 1.82) is 0 Å². The quantitative estimate of drug-likeness (QED) is 0.769. The maximum Gasteiger partial charge on any atom is 0.161 e. The second kappa shape index (κ2) is 7.06. The molecule has 3 nitrogen and oxygen atoms in total. The molecule has 114 valence electrons. The number of ketones is 1. The Hall–Kier alpha value is -1.38. The van der Waals surface area contributed by atoms with Crippen molar-refractivity contribution >= 4 is 5.78 Å². The van der Waals surface area contributed by atoms with Crippen molar-refractivity contribution in [3.8, 4) is 0 Å². The Morgan fingerprint density at radius 3 is 2.62 bits per heavy atom. The molecule has 0 aromatic carbocycles. The smallest absolute Gasteiger partial charge is 0.161 e. The van der Waals surface area contributed by atoms with Gasteiger partial charge >= 0.3 is 0 Å². The topological polar surface area (TPSA) is 34.9 Å². The predicted octanol–water partition coefficient (Wildman–Crippen LogP) is 4.39. The summed E-state index contributed by atoms with van der Waals surface area (Å²) in [6, 6.07) is 2.57. The summed E-state index contributed by atoms with van der Waals surface area (Å²) < 4.78 is 2.09. The lowest BCUT2D eigenvalue weighted by atomic mass is 9.93. The minimum atomic E-state index is 0.223. The molecule has 0 spiro atoms. The van der Waals surface area contributed by atoms with Crippen LogP contribution in [0.4, 0.5) is 0 Å². The molecule has 2 aliphatic carbocycles. The van der Waals surface area contributed by atoms with Crippen LogP contribution in [0.5, 0.6) is 0 Å². The fourth-order valence-electron chi connectivity index (χ4n) is 3.63. The van der Waals surface area contributed by atoms with Gasteiger partial charge in [-0.1, -0.05) is 31.3 Å². The minimum Gasteiger partial charge on any atom is -0.294 e. The molecule has 0 saturated heterocycles. The van der Waals surface area contributed by atoms with Crippen LogP contribution in [0.1, 0.15) is 75.9 Å². The van der Waals surface area contributed by atoms with Crippen molar-refractivity contribution in [1.82, 2.24) is 9.78 Å². The molecule has 0 aliphatic heterocycles. The molecular weight excluding hydrogens is 260 g/mol. The van der Waals surface area contributed by atoms with Crippen LogP contribution in [0, 0.1) is 0 Å². The van der Waals surface area contributed by atoms with Crippen LogP contribution >= 0.6 is 0 Å². The second-order valence-corrected chi connectivity index (χ2v) is 6.59. The van der Waals surface area contributed by atoms with Gasteiger partial charge in [0.2, 0.25) is 0 Å². The average molecular weight is 286 g/mol. The average Bonchev–Trinajstić information content (AvgIpc) is 2.97. The summed E-state index contributed by atoms with van der Waals surface area (Å²) in [4.78, 5) is 12.1. The van der Waals surface area contributed by atoms with E-state index in [1.54, 1.807) is 0 Å². The highest BCUT2D eigenvalue weighted by molar-refractivity contribution is 5.91. The third-order valence-corrected chi connectivity index (χ3v) is 4.83. The van der Waals surface area contributed by atoms with E-state index in [-0.39, 0.29) is 5.78 Å². The molecule has 1 heterocycles. The molecule has 0 bridgehead atoms. The number of hydrogen-bond acceptors (Lipinski definition) is 2. The molecule has 3 heteroatoms. The Morgan fingerprint density at radius 2 is 1.86 bits per heavy atom. The van der Waals surface area contributed by atoms with E-state index in [9.17, 15) is 4.79 Å². The largest absolute Gasteiger partial charge is 0.294 e. The molecule has 0 N–H and O–H groups in total. The van der Waals surface area contributed by atoms with Crippen LogP contribution in [0.15, 0.2) is 23.9 Å². The molecule has 0 unspecified atom stereocenters. The van der Waals surface area contributed by atoms with E-state index < -0.39 is 0 Å². The number of nitrogens with zero attached hydrogens (tertiary/aromatic N) is 2. The van der Waals surface area contributed by atoms with Crippen LogP contribution in [-0.2, 0) is 11.2 Å². The zero-order valence-corrected chi connectivity index (χ0v) is 12.9. The van der Waals surface area contributed by atoms with Gasteiger partial charge in [0.15, 0.2) is 5.78 Å². The van der Waals surface area contributed by atoms with Gasteiger partial charge in [0, 0.05) is 6.20 Å². The third kappa shape index (κ3) is 4.05. The van der Waals surface area contributed by atoms with Gasteiger partial charge in [-0.3, -0.25) is 9.48 Å². The number of rotatable bonds is 4. The van der Waals surface area contributed by atoms with E-state index in [0.717, 1.165) is 18.5 Å². The Balaban J connectivity index is 1.57. The maximum atomic E-state index is 12.1. The summed E-state index contributed by atoms with van der Waals surface area (Å²) in [6.45, 7) is 0. The number of carbonyl (C=O) groups is 1. The molecule has 2 aliphatic rings. The zero-order chi connectivity index (χ0) is 14.5. The molecular formula is C18H26N2O. The van der Waals surface area contributed by atoms with E-state index in [4.69, 9.17) is 0 Å². The Labute approximate surface area is 127 Å². The lowest BCUT2D eigenvalue weighted by molar-refractivity contribution is -0.114. The molecule has 1 aromatic rings. The van der Waals surface area contributed by atoms with Crippen LogP contribution in [0.2, 0.25) is 0 Å². The highest BCUT2D eigenvalue weighted by Crippen LogP contribution is 2.27. The SMILES string of the molecule is O=C(C=C1CCCCC1)Cc1ccn(C2CCCCC2)n1. The first kappa shape index (κ1) is 14.6. The van der Waals surface area contributed by atoms with Gasteiger partial charge in [-0.25, -0.2) is 0 Å². The molecule has 2 fully saturated rings. The molecule has 0 atom stereocenters. The first-order valence-electron chi connectivity index (χ1n) is 8.57. The Morgan fingerprint density at radius 1 is 1.14 bits per heavy atom. The van der Waals surface area contributed by atoms with E-state index in [1.165, 1.54) is 56.9 Å². The molecule has 0 radical (unpaired) electrons. The lowest BCUT2D eigenvalue weighted by Gasteiger charge is -2.21. The van der Waals surface area contributed by atoms with Crippen LogP contribution in [0.25, 0.3) is 0 Å². The van der Waals surface area contributed by atoms with E-state index in [0.29, 0.717) is 12.5 Å². The van der Waals surface area contributed by atoms with E-state index >= 15 is 0 Å². The van der Waals surface area contributed by atoms with Crippen LogP contribution < -0.4 is 0 Å². The third-order valence-electron chi connectivity index (χ3n) is 4.83. The van der Waals surface area contributed by atoms with Crippen molar-refractivity contribution in [2.45, 2.75) is 76.7 Å².